The van der Waals surface area contributed by atoms with Crippen LogP contribution in [-0.2, 0) is 11.3 Å². The van der Waals surface area contributed by atoms with Gasteiger partial charge >= 0.3 is 12.3 Å². The molecule has 3 aliphatic heterocycles. The highest BCUT2D eigenvalue weighted by atomic mass is 19.4. The van der Waals surface area contributed by atoms with Crippen LogP contribution in [0, 0.1) is 5.92 Å². The van der Waals surface area contributed by atoms with Crippen molar-refractivity contribution in [2.75, 3.05) is 13.7 Å². The Kier molecular flexibility index (Phi) is 7.81. The lowest BCUT2D eigenvalue weighted by molar-refractivity contribution is -0.274. The second-order valence-corrected chi connectivity index (χ2v) is 10.1. The molecule has 3 aromatic rings. The van der Waals surface area contributed by atoms with Gasteiger partial charge in [-0.3, -0.25) is 9.69 Å². The standard InChI is InChI=1S/C30H31F3N2O4/c1-38-25-13-12-23(39-30(31,32)33)16-22(25)18-34-27-21-14-15-35(24(17-21)29(36)37)28(27)26(19-8-4-2-5-9-19)20-10-6-3-7-11-20/h2-13,16,21,24,26-28,34H,14-15,17-18H2,1H3,(H,36,37)/t21-,24-,27-,28-/m0/s1. The van der Waals surface area contributed by atoms with E-state index in [4.69, 9.17) is 4.74 Å². The number of piperidine rings is 3. The van der Waals surface area contributed by atoms with Gasteiger partial charge in [-0.25, -0.2) is 0 Å². The van der Waals surface area contributed by atoms with Crippen molar-refractivity contribution in [1.82, 2.24) is 10.2 Å². The Morgan fingerprint density at radius 1 is 1.05 bits per heavy atom. The van der Waals surface area contributed by atoms with E-state index in [2.05, 4.69) is 39.2 Å². The Bertz CT molecular complexity index is 1230. The monoisotopic (exact) mass is 540 g/mol. The number of methoxy groups -OCH3 is 1. The summed E-state index contributed by atoms with van der Waals surface area (Å²) in [6.07, 6.45) is -3.46. The van der Waals surface area contributed by atoms with Crippen molar-refractivity contribution in [2.45, 2.75) is 49.8 Å². The highest BCUT2D eigenvalue weighted by molar-refractivity contribution is 5.74. The van der Waals surface area contributed by atoms with Gasteiger partial charge in [0.05, 0.1) is 7.11 Å². The largest absolute Gasteiger partial charge is 0.573 e. The fraction of sp³-hybridized carbons (Fsp3) is 0.367. The average molecular weight is 541 g/mol. The number of hydrogen-bond donors (Lipinski definition) is 2. The number of carboxylic acids is 1. The van der Waals surface area contributed by atoms with Crippen LogP contribution >= 0.6 is 0 Å². The van der Waals surface area contributed by atoms with Gasteiger partial charge in [0.15, 0.2) is 0 Å². The molecule has 0 aliphatic carbocycles. The number of halogens is 3. The minimum Gasteiger partial charge on any atom is -0.496 e. The van der Waals surface area contributed by atoms with E-state index in [-0.39, 0.29) is 36.2 Å². The van der Waals surface area contributed by atoms with Crippen LogP contribution in [0.15, 0.2) is 78.9 Å². The average Bonchev–Trinajstić information content (AvgIpc) is 2.93. The molecule has 0 amide bonds. The Morgan fingerprint density at radius 3 is 2.26 bits per heavy atom. The van der Waals surface area contributed by atoms with Gasteiger partial charge in [-0.05, 0) is 54.6 Å². The number of fused-ring (bicyclic) bond motifs is 3. The fourth-order valence-electron chi connectivity index (χ4n) is 6.33. The van der Waals surface area contributed by atoms with Gasteiger partial charge in [-0.15, -0.1) is 13.2 Å². The van der Waals surface area contributed by atoms with E-state index >= 15 is 0 Å². The number of nitrogens with one attached hydrogen (secondary N) is 1. The van der Waals surface area contributed by atoms with Crippen LogP contribution < -0.4 is 14.8 Å². The summed E-state index contributed by atoms with van der Waals surface area (Å²) in [5, 5.41) is 13.7. The Labute approximate surface area is 225 Å². The molecular formula is C30H31F3N2O4. The molecule has 0 radical (unpaired) electrons. The molecule has 6 rings (SSSR count). The molecular weight excluding hydrogens is 509 g/mol. The number of aliphatic carboxylic acids is 1. The summed E-state index contributed by atoms with van der Waals surface area (Å²) in [4.78, 5) is 14.4. The molecule has 3 aromatic carbocycles. The van der Waals surface area contributed by atoms with Gasteiger partial charge in [0.25, 0.3) is 0 Å². The number of benzene rings is 3. The summed E-state index contributed by atoms with van der Waals surface area (Å²) >= 11 is 0. The molecule has 5 atom stereocenters. The summed E-state index contributed by atoms with van der Waals surface area (Å²) in [6.45, 7) is 0.899. The minimum absolute atomic E-state index is 0.0802. The highest BCUT2D eigenvalue weighted by Gasteiger charge is 2.52. The lowest BCUT2D eigenvalue weighted by atomic mass is 9.68. The van der Waals surface area contributed by atoms with E-state index in [1.54, 1.807) is 0 Å². The Hall–Kier alpha value is -3.56. The van der Waals surface area contributed by atoms with E-state index in [0.29, 0.717) is 24.3 Å². The predicted molar refractivity (Wildman–Crippen MR) is 140 cm³/mol. The zero-order valence-electron chi connectivity index (χ0n) is 21.5. The van der Waals surface area contributed by atoms with Crippen LogP contribution in [0.1, 0.15) is 35.4 Å². The van der Waals surface area contributed by atoms with Gasteiger partial charge in [0.1, 0.15) is 17.5 Å². The molecule has 39 heavy (non-hydrogen) atoms. The van der Waals surface area contributed by atoms with E-state index < -0.39 is 18.4 Å². The summed E-state index contributed by atoms with van der Waals surface area (Å²) in [5.41, 5.74) is 2.69. The number of carboxylic acid groups (broad SMARTS) is 1. The van der Waals surface area contributed by atoms with Crippen molar-refractivity contribution in [3.63, 3.8) is 0 Å². The van der Waals surface area contributed by atoms with Gasteiger partial charge in [0.2, 0.25) is 0 Å². The van der Waals surface area contributed by atoms with E-state index in [1.165, 1.54) is 25.3 Å². The third-order valence-corrected chi connectivity index (χ3v) is 7.90. The fourth-order valence-corrected chi connectivity index (χ4v) is 6.33. The maximum absolute atomic E-state index is 12.9. The molecule has 206 valence electrons. The first-order valence-electron chi connectivity index (χ1n) is 13.0. The zero-order valence-corrected chi connectivity index (χ0v) is 21.5. The topological polar surface area (TPSA) is 71.0 Å². The molecule has 6 nitrogen and oxygen atoms in total. The number of ether oxygens (including phenoxy) is 2. The molecule has 3 aliphatic rings. The van der Waals surface area contributed by atoms with Crippen molar-refractivity contribution in [2.24, 2.45) is 5.92 Å². The van der Waals surface area contributed by atoms with E-state index in [0.717, 1.165) is 17.5 Å². The van der Waals surface area contributed by atoms with Crippen molar-refractivity contribution in [1.29, 1.82) is 0 Å². The van der Waals surface area contributed by atoms with Gasteiger partial charge in [-0.2, -0.15) is 0 Å². The second kappa shape index (κ2) is 11.3. The number of nitrogens with zero attached hydrogens (tertiary/aromatic N) is 1. The van der Waals surface area contributed by atoms with Gasteiger partial charge < -0.3 is 19.9 Å². The van der Waals surface area contributed by atoms with Crippen LogP contribution in [0.2, 0.25) is 0 Å². The number of hydrogen-bond acceptors (Lipinski definition) is 5. The molecule has 2 bridgehead atoms. The van der Waals surface area contributed by atoms with Crippen LogP contribution in [0.5, 0.6) is 11.5 Å². The maximum atomic E-state index is 12.9. The quantitative estimate of drug-likeness (QED) is 0.377. The van der Waals surface area contributed by atoms with Crippen LogP contribution in [0.25, 0.3) is 0 Å². The zero-order chi connectivity index (χ0) is 27.6. The van der Waals surface area contributed by atoms with Crippen molar-refractivity contribution in [3.05, 3.63) is 95.6 Å². The minimum atomic E-state index is -4.80. The lowest BCUT2D eigenvalue weighted by Gasteiger charge is -2.56. The number of carbonyl (C=O) groups is 1. The SMILES string of the molecule is COc1ccc(OC(F)(F)F)cc1CN[C@H]1[C@H]2CCN([C@H](C(=O)O)C2)[C@H]1C(c1ccccc1)c1ccccc1. The maximum Gasteiger partial charge on any atom is 0.573 e. The van der Waals surface area contributed by atoms with E-state index in [1.807, 2.05) is 36.4 Å². The Balaban J connectivity index is 1.52. The number of alkyl halides is 3. The molecule has 0 saturated carbocycles. The van der Waals surface area contributed by atoms with Crippen LogP contribution in [-0.4, -0.2) is 54.1 Å². The third kappa shape index (κ3) is 5.89. The molecule has 3 heterocycles. The van der Waals surface area contributed by atoms with Gasteiger partial charge in [0, 0.05) is 30.1 Å². The summed E-state index contributed by atoms with van der Waals surface area (Å²) in [7, 11) is 1.47. The smallest absolute Gasteiger partial charge is 0.496 e. The summed E-state index contributed by atoms with van der Waals surface area (Å²) in [6, 6.07) is 23.2. The predicted octanol–water partition coefficient (Wildman–Crippen LogP) is 5.43. The number of rotatable bonds is 9. The highest BCUT2D eigenvalue weighted by Crippen LogP contribution is 2.45. The normalized spacial score (nSPS) is 24.5. The van der Waals surface area contributed by atoms with Crippen molar-refractivity contribution >= 4 is 5.97 Å². The van der Waals surface area contributed by atoms with Crippen LogP contribution in [0.3, 0.4) is 0 Å². The van der Waals surface area contributed by atoms with E-state index in [9.17, 15) is 23.1 Å². The molecule has 2 N–H and O–H groups in total. The molecule has 3 fully saturated rings. The first kappa shape index (κ1) is 27.0. The Morgan fingerprint density at radius 2 is 1.69 bits per heavy atom. The van der Waals surface area contributed by atoms with Crippen molar-refractivity contribution in [3.8, 4) is 11.5 Å². The first-order chi connectivity index (χ1) is 18.7. The summed E-state index contributed by atoms with van der Waals surface area (Å²) < 4.78 is 48.2. The molecule has 0 aromatic heterocycles. The molecule has 3 saturated heterocycles. The lowest BCUT2D eigenvalue weighted by Crippen LogP contribution is -2.69. The molecule has 9 heteroatoms. The van der Waals surface area contributed by atoms with Crippen molar-refractivity contribution < 1.29 is 32.5 Å². The third-order valence-electron chi connectivity index (χ3n) is 7.90. The summed E-state index contributed by atoms with van der Waals surface area (Å²) in [5.74, 6) is -0.737. The second-order valence-electron chi connectivity index (χ2n) is 10.1. The molecule has 0 spiro atoms. The van der Waals surface area contributed by atoms with Crippen LogP contribution in [0.4, 0.5) is 13.2 Å². The first-order valence-corrected chi connectivity index (χ1v) is 13.0. The molecule has 1 unspecified atom stereocenters. The van der Waals surface area contributed by atoms with Gasteiger partial charge in [-0.1, -0.05) is 60.7 Å².